The summed E-state index contributed by atoms with van der Waals surface area (Å²) in [6.45, 7) is 2.13. The fourth-order valence-corrected chi connectivity index (χ4v) is 2.36. The van der Waals surface area contributed by atoms with Crippen molar-refractivity contribution < 1.29 is 9.53 Å². The number of rotatable bonds is 4. The molecule has 0 aliphatic rings. The standard InChI is InChI=1S/C16H16O2S.Sb.3H/c1-2-18-15(17)16(19,13-9-5-3-6-10-13)14-11-7-4-8-12-14;;;;/h3-12,19H,2H2,1H3;;;;. The van der Waals surface area contributed by atoms with Crippen LogP contribution in [0.2, 0.25) is 0 Å². The molecule has 0 aliphatic heterocycles. The SMILES string of the molecule is CCOC(=O)C(S)(c1ccccc1)c1ccccc1.[SbH3]. The van der Waals surface area contributed by atoms with Crippen LogP contribution in [0.1, 0.15) is 18.1 Å². The van der Waals surface area contributed by atoms with Crippen molar-refractivity contribution in [3.05, 3.63) is 71.8 Å². The molecule has 2 rings (SSSR count). The molecule has 106 valence electrons. The quantitative estimate of drug-likeness (QED) is 0.487. The molecule has 0 N–H and O–H groups in total. The van der Waals surface area contributed by atoms with Gasteiger partial charge >= 0.3 is 30.4 Å². The van der Waals surface area contributed by atoms with Crippen LogP contribution in [-0.2, 0) is 14.3 Å². The summed E-state index contributed by atoms with van der Waals surface area (Å²) in [4.78, 5) is 12.4. The van der Waals surface area contributed by atoms with Gasteiger partial charge in [-0.05, 0) is 18.1 Å². The molecule has 2 aromatic rings. The molecule has 0 heterocycles. The van der Waals surface area contributed by atoms with Gasteiger partial charge in [-0.3, -0.25) is 0 Å². The summed E-state index contributed by atoms with van der Waals surface area (Å²) in [6.07, 6.45) is 0. The second kappa shape index (κ2) is 7.75. The zero-order valence-electron chi connectivity index (χ0n) is 11.5. The summed E-state index contributed by atoms with van der Waals surface area (Å²) < 4.78 is 4.13. The van der Waals surface area contributed by atoms with Gasteiger partial charge in [0.1, 0.15) is 0 Å². The monoisotopic (exact) mass is 396 g/mol. The van der Waals surface area contributed by atoms with E-state index in [4.69, 9.17) is 4.74 Å². The zero-order chi connectivity index (χ0) is 13.7. The number of carbonyl (C=O) groups is 1. The summed E-state index contributed by atoms with van der Waals surface area (Å²) >= 11 is 4.65. The van der Waals surface area contributed by atoms with E-state index < -0.39 is 4.75 Å². The van der Waals surface area contributed by atoms with Crippen LogP contribution in [0, 0.1) is 0 Å². The molecule has 0 unspecified atom stereocenters. The van der Waals surface area contributed by atoms with Crippen LogP contribution in [0.3, 0.4) is 0 Å². The van der Waals surface area contributed by atoms with Crippen LogP contribution in [-0.4, -0.2) is 37.0 Å². The number of ether oxygens (including phenoxy) is 1. The summed E-state index contributed by atoms with van der Waals surface area (Å²) in [7, 11) is 0. The Morgan fingerprint density at radius 3 is 1.75 bits per heavy atom. The number of hydrogen-bond acceptors (Lipinski definition) is 3. The maximum absolute atomic E-state index is 12.4. The summed E-state index contributed by atoms with van der Waals surface area (Å²) in [5, 5.41) is 0. The Labute approximate surface area is 142 Å². The Hall–Kier alpha value is -0.922. The van der Waals surface area contributed by atoms with E-state index in [9.17, 15) is 4.79 Å². The van der Waals surface area contributed by atoms with Crippen molar-refractivity contribution >= 4 is 43.0 Å². The minimum absolute atomic E-state index is 0. The van der Waals surface area contributed by atoms with E-state index in [1.54, 1.807) is 6.92 Å². The van der Waals surface area contributed by atoms with Gasteiger partial charge in [-0.25, -0.2) is 4.79 Å². The van der Waals surface area contributed by atoms with Crippen LogP contribution in [0.25, 0.3) is 0 Å². The molecule has 0 aromatic heterocycles. The van der Waals surface area contributed by atoms with Crippen LogP contribution in [0.15, 0.2) is 60.7 Å². The van der Waals surface area contributed by atoms with Crippen LogP contribution in [0.5, 0.6) is 0 Å². The van der Waals surface area contributed by atoms with Gasteiger partial charge in [0.2, 0.25) is 0 Å². The summed E-state index contributed by atoms with van der Waals surface area (Å²) in [5.41, 5.74) is 1.62. The number of esters is 1. The molecule has 0 aliphatic carbocycles. The minimum atomic E-state index is -1.07. The molecule has 0 radical (unpaired) electrons. The maximum atomic E-state index is 12.4. The molecule has 0 amide bonds. The molecule has 20 heavy (non-hydrogen) atoms. The first-order valence-electron chi connectivity index (χ1n) is 6.20. The van der Waals surface area contributed by atoms with Gasteiger partial charge in [0.05, 0.1) is 6.61 Å². The van der Waals surface area contributed by atoms with Crippen LogP contribution >= 0.6 is 12.6 Å². The molecule has 0 saturated heterocycles. The number of benzene rings is 2. The van der Waals surface area contributed by atoms with E-state index in [1.165, 1.54) is 0 Å². The topological polar surface area (TPSA) is 26.3 Å². The van der Waals surface area contributed by atoms with E-state index in [0.717, 1.165) is 11.1 Å². The third kappa shape index (κ3) is 3.39. The molecule has 0 fully saturated rings. The van der Waals surface area contributed by atoms with E-state index in [-0.39, 0.29) is 30.4 Å². The fraction of sp³-hybridized carbons (Fsp3) is 0.188. The van der Waals surface area contributed by atoms with E-state index >= 15 is 0 Å². The third-order valence-corrected chi connectivity index (χ3v) is 3.65. The number of hydrogen-bond donors (Lipinski definition) is 1. The molecule has 2 aromatic carbocycles. The molecular weight excluding hydrogens is 378 g/mol. The van der Waals surface area contributed by atoms with Crippen molar-refractivity contribution in [2.45, 2.75) is 11.7 Å². The second-order valence-electron chi connectivity index (χ2n) is 4.16. The molecule has 0 atom stereocenters. The van der Waals surface area contributed by atoms with Gasteiger partial charge in [-0.2, -0.15) is 12.6 Å². The van der Waals surface area contributed by atoms with Crippen molar-refractivity contribution in [3.8, 4) is 0 Å². The molecule has 2 nitrogen and oxygen atoms in total. The van der Waals surface area contributed by atoms with Crippen LogP contribution < -0.4 is 0 Å². The molecule has 4 heteroatoms. The van der Waals surface area contributed by atoms with Crippen molar-refractivity contribution in [3.63, 3.8) is 0 Å². The summed E-state index contributed by atoms with van der Waals surface area (Å²) in [6, 6.07) is 18.9. The van der Waals surface area contributed by atoms with Gasteiger partial charge in [-0.15, -0.1) is 0 Å². The molecule has 0 bridgehead atoms. The van der Waals surface area contributed by atoms with Gasteiger partial charge in [0.15, 0.2) is 4.75 Å². The predicted octanol–water partition coefficient (Wildman–Crippen LogP) is 2.24. The number of thiol groups is 1. The second-order valence-corrected chi connectivity index (χ2v) is 4.83. The zero-order valence-corrected chi connectivity index (χ0v) is 16.4. The Balaban J connectivity index is 0.00000200. The van der Waals surface area contributed by atoms with E-state index in [0.29, 0.717) is 6.61 Å². The molecule has 0 spiro atoms. The summed E-state index contributed by atoms with van der Waals surface area (Å²) in [5.74, 6) is -0.351. The molecular formula is C16H19O2SSb. The average Bonchev–Trinajstić information content (AvgIpc) is 2.48. The Morgan fingerprint density at radius 1 is 1.00 bits per heavy atom. The fourth-order valence-electron chi connectivity index (χ4n) is 2.00. The van der Waals surface area contributed by atoms with E-state index in [1.807, 2.05) is 60.7 Å². The van der Waals surface area contributed by atoms with E-state index in [2.05, 4.69) is 12.6 Å². The first kappa shape index (κ1) is 17.1. The number of carbonyl (C=O) groups excluding carboxylic acids is 1. The first-order valence-corrected chi connectivity index (χ1v) is 6.65. The van der Waals surface area contributed by atoms with Crippen molar-refractivity contribution in [2.75, 3.05) is 6.61 Å². The Bertz CT molecular complexity index is 503. The van der Waals surface area contributed by atoms with Gasteiger partial charge in [0, 0.05) is 0 Å². The van der Waals surface area contributed by atoms with Gasteiger partial charge < -0.3 is 4.74 Å². The van der Waals surface area contributed by atoms with Crippen molar-refractivity contribution in [1.29, 1.82) is 0 Å². The van der Waals surface area contributed by atoms with Crippen molar-refractivity contribution in [2.24, 2.45) is 0 Å². The van der Waals surface area contributed by atoms with Crippen LogP contribution in [0.4, 0.5) is 0 Å². The normalized spacial score (nSPS) is 10.5. The van der Waals surface area contributed by atoms with Gasteiger partial charge in [-0.1, -0.05) is 60.7 Å². The third-order valence-electron chi connectivity index (χ3n) is 2.95. The Kier molecular flexibility index (Phi) is 6.64. The Morgan fingerprint density at radius 2 is 1.40 bits per heavy atom. The first-order chi connectivity index (χ1) is 9.19. The van der Waals surface area contributed by atoms with Gasteiger partial charge in [0.25, 0.3) is 0 Å². The molecule has 0 saturated carbocycles. The predicted molar refractivity (Wildman–Crippen MR) is 89.2 cm³/mol. The van der Waals surface area contributed by atoms with Crippen molar-refractivity contribution in [1.82, 2.24) is 0 Å². The average molecular weight is 397 g/mol.